The standard InChI is InChI=1S/C22H21N7S.C15H18N4O3/c1-24-18-10-19(20-8-7-16-9-14(11-23)12-26-29(16)20)25-13-17(18)22-28-27-21(30-22)15-5-3-2-4-6-15;20-10-18-5-7-19(8-6-18)13-3-1-11(9-16-13)12-2-4-14(21)17-15(12)22/h7-10,12-13,15H,2-6H2,1H3,(H,24,25);1,3,9-10,12H,2,4-8H2,(H,17,21,22). The Morgan fingerprint density at radius 3 is 2.50 bits per heavy atom. The van der Waals surface area contributed by atoms with E-state index >= 15 is 0 Å². The molecule has 2 aliphatic heterocycles. The van der Waals surface area contributed by atoms with Crippen molar-refractivity contribution in [1.29, 1.82) is 5.26 Å². The van der Waals surface area contributed by atoms with Gasteiger partial charge in [0.1, 0.15) is 16.9 Å². The SMILES string of the molecule is CNc1cc(-c2ccc3cc(C#N)cnn23)ncc1-c1nnc(C2CCCCC2)s1.O=CN1CCN(c2ccc(C3CCC(=O)NC3=O)cn2)CC1. The number of carbonyl (C=O) groups is 3. The fraction of sp³-hybridized carbons (Fsp3) is 0.378. The molecule has 0 bridgehead atoms. The number of anilines is 2. The number of carbonyl (C=O) groups excluding carboxylic acids is 3. The summed E-state index contributed by atoms with van der Waals surface area (Å²) in [5.74, 6) is 0.642. The molecule has 5 aromatic heterocycles. The van der Waals surface area contributed by atoms with Gasteiger partial charge in [-0.2, -0.15) is 10.4 Å². The average molecular weight is 718 g/mol. The number of rotatable bonds is 7. The largest absolute Gasteiger partial charge is 0.387 e. The van der Waals surface area contributed by atoms with Gasteiger partial charge in [0.25, 0.3) is 0 Å². The van der Waals surface area contributed by atoms with Gasteiger partial charge >= 0.3 is 0 Å². The highest BCUT2D eigenvalue weighted by Gasteiger charge is 2.28. The molecule has 2 saturated heterocycles. The van der Waals surface area contributed by atoms with Crippen molar-refractivity contribution in [2.75, 3.05) is 43.4 Å². The van der Waals surface area contributed by atoms with Crippen molar-refractivity contribution in [2.24, 2.45) is 0 Å². The number of pyridine rings is 2. The van der Waals surface area contributed by atoms with Crippen molar-refractivity contribution in [3.63, 3.8) is 0 Å². The van der Waals surface area contributed by atoms with Crippen LogP contribution >= 0.6 is 11.3 Å². The third-order valence-electron chi connectivity index (χ3n) is 9.89. The molecule has 266 valence electrons. The van der Waals surface area contributed by atoms with E-state index < -0.39 is 0 Å². The molecule has 7 heterocycles. The highest BCUT2D eigenvalue weighted by atomic mass is 32.1. The van der Waals surface area contributed by atoms with E-state index in [1.807, 2.05) is 49.6 Å². The third-order valence-corrected chi connectivity index (χ3v) is 11.0. The molecule has 0 spiro atoms. The second kappa shape index (κ2) is 15.6. The minimum absolute atomic E-state index is 0.209. The fourth-order valence-corrected chi connectivity index (χ4v) is 7.98. The first-order valence-corrected chi connectivity index (χ1v) is 18.4. The summed E-state index contributed by atoms with van der Waals surface area (Å²) in [6, 6.07) is 13.7. The van der Waals surface area contributed by atoms with Gasteiger partial charge in [0.15, 0.2) is 5.01 Å². The molecule has 14 nitrogen and oxygen atoms in total. The van der Waals surface area contributed by atoms with E-state index in [0.29, 0.717) is 37.4 Å². The van der Waals surface area contributed by atoms with Crippen LogP contribution in [0.5, 0.6) is 0 Å². The third kappa shape index (κ3) is 7.47. The first kappa shape index (κ1) is 34.7. The topological polar surface area (TPSA) is 174 Å². The zero-order chi connectivity index (χ0) is 36.0. The van der Waals surface area contributed by atoms with E-state index in [2.05, 4.69) is 41.9 Å². The molecule has 0 aromatic carbocycles. The van der Waals surface area contributed by atoms with E-state index in [9.17, 15) is 14.4 Å². The number of nitrogens with zero attached hydrogens (tertiary/aromatic N) is 9. The number of hydrogen-bond acceptors (Lipinski definition) is 12. The number of fused-ring (bicyclic) bond motifs is 1. The lowest BCUT2D eigenvalue weighted by atomic mass is 9.90. The van der Waals surface area contributed by atoms with Gasteiger partial charge in [-0.3, -0.25) is 24.7 Å². The van der Waals surface area contributed by atoms with Crippen LogP contribution in [0.4, 0.5) is 11.5 Å². The molecule has 3 aliphatic rings. The van der Waals surface area contributed by atoms with Gasteiger partial charge in [-0.05, 0) is 55.2 Å². The van der Waals surface area contributed by atoms with Crippen molar-refractivity contribution in [3.8, 4) is 28.0 Å². The van der Waals surface area contributed by atoms with E-state index in [1.165, 1.54) is 32.1 Å². The normalized spacial score (nSPS) is 18.0. The van der Waals surface area contributed by atoms with Crippen molar-refractivity contribution in [2.45, 2.75) is 56.8 Å². The molecule has 1 aliphatic carbocycles. The van der Waals surface area contributed by atoms with Crippen LogP contribution in [0.15, 0.2) is 55.0 Å². The molecule has 1 saturated carbocycles. The summed E-state index contributed by atoms with van der Waals surface area (Å²) >= 11 is 1.68. The number of amides is 3. The molecule has 52 heavy (non-hydrogen) atoms. The summed E-state index contributed by atoms with van der Waals surface area (Å²) in [5, 5.41) is 30.1. The number of nitrogens with one attached hydrogen (secondary N) is 2. The minimum atomic E-state index is -0.300. The minimum Gasteiger partial charge on any atom is -0.387 e. The van der Waals surface area contributed by atoms with Gasteiger partial charge < -0.3 is 15.1 Å². The molecule has 3 fully saturated rings. The maximum Gasteiger partial charge on any atom is 0.234 e. The highest BCUT2D eigenvalue weighted by molar-refractivity contribution is 7.14. The van der Waals surface area contributed by atoms with Crippen molar-refractivity contribution >= 4 is 46.6 Å². The Kier molecular flexibility index (Phi) is 10.4. The molecule has 5 aromatic rings. The van der Waals surface area contributed by atoms with Gasteiger partial charge in [0.2, 0.25) is 18.2 Å². The van der Waals surface area contributed by atoms with Gasteiger partial charge in [-0.1, -0.05) is 36.7 Å². The Hall–Kier alpha value is -5.75. The van der Waals surface area contributed by atoms with Gasteiger partial charge in [0, 0.05) is 63.6 Å². The first-order chi connectivity index (χ1) is 25.4. The summed E-state index contributed by atoms with van der Waals surface area (Å²) in [6.45, 7) is 2.90. The monoisotopic (exact) mass is 717 g/mol. The zero-order valence-electron chi connectivity index (χ0n) is 28.9. The Morgan fingerprint density at radius 2 is 1.79 bits per heavy atom. The highest BCUT2D eigenvalue weighted by Crippen LogP contribution is 2.38. The van der Waals surface area contributed by atoms with Crippen molar-refractivity contribution in [1.82, 2.24) is 40.0 Å². The summed E-state index contributed by atoms with van der Waals surface area (Å²) < 4.78 is 1.80. The predicted octanol–water partition coefficient (Wildman–Crippen LogP) is 4.76. The van der Waals surface area contributed by atoms with Crippen molar-refractivity contribution < 1.29 is 14.4 Å². The van der Waals surface area contributed by atoms with Crippen LogP contribution in [0.2, 0.25) is 0 Å². The summed E-state index contributed by atoms with van der Waals surface area (Å²) in [5.41, 5.74) is 5.82. The van der Waals surface area contributed by atoms with E-state index in [0.717, 1.165) is 69.1 Å². The molecular formula is C37H39N11O3S. The number of nitriles is 1. The number of imide groups is 1. The second-order valence-electron chi connectivity index (χ2n) is 13.1. The van der Waals surface area contributed by atoms with Crippen LogP contribution in [-0.2, 0) is 14.4 Å². The van der Waals surface area contributed by atoms with Crippen molar-refractivity contribution in [3.05, 3.63) is 71.1 Å². The summed E-state index contributed by atoms with van der Waals surface area (Å²) in [6.07, 6.45) is 13.2. The van der Waals surface area contributed by atoms with Gasteiger partial charge in [0.05, 0.1) is 40.1 Å². The molecule has 15 heteroatoms. The fourth-order valence-electron chi connectivity index (χ4n) is 6.94. The van der Waals surface area contributed by atoms with Gasteiger partial charge in [-0.25, -0.2) is 9.50 Å². The number of hydrogen-bond donors (Lipinski definition) is 2. The molecular weight excluding hydrogens is 679 g/mol. The maximum atomic E-state index is 11.9. The first-order valence-electron chi connectivity index (χ1n) is 17.6. The quantitative estimate of drug-likeness (QED) is 0.176. The number of aromatic nitrogens is 6. The van der Waals surface area contributed by atoms with E-state index in [-0.39, 0.29) is 17.7 Å². The summed E-state index contributed by atoms with van der Waals surface area (Å²) in [4.78, 5) is 46.7. The Balaban J connectivity index is 0.000000170. The Labute approximate surface area is 304 Å². The van der Waals surface area contributed by atoms with E-state index in [4.69, 9.17) is 10.2 Å². The molecule has 8 rings (SSSR count). The van der Waals surface area contributed by atoms with Crippen LogP contribution in [0, 0.1) is 11.3 Å². The van der Waals surface area contributed by atoms with Crippen LogP contribution < -0.4 is 15.5 Å². The van der Waals surface area contributed by atoms with Gasteiger partial charge in [-0.15, -0.1) is 10.2 Å². The lowest BCUT2D eigenvalue weighted by Gasteiger charge is -2.33. The summed E-state index contributed by atoms with van der Waals surface area (Å²) in [7, 11) is 1.90. The number of piperidine rings is 1. The Bertz CT molecular complexity index is 2110. The molecule has 0 radical (unpaired) electrons. The predicted molar refractivity (Wildman–Crippen MR) is 197 cm³/mol. The average Bonchev–Trinajstić information content (AvgIpc) is 3.86. The Morgan fingerprint density at radius 1 is 0.962 bits per heavy atom. The lowest BCUT2D eigenvalue weighted by Crippen LogP contribution is -2.46. The van der Waals surface area contributed by atoms with Crippen LogP contribution in [0.1, 0.15) is 72.9 Å². The van der Waals surface area contributed by atoms with Crippen LogP contribution in [0.3, 0.4) is 0 Å². The zero-order valence-corrected chi connectivity index (χ0v) is 29.7. The second-order valence-corrected chi connectivity index (χ2v) is 14.1. The number of piperazine rings is 1. The van der Waals surface area contributed by atoms with E-state index in [1.54, 1.807) is 33.1 Å². The molecule has 3 amide bonds. The maximum absolute atomic E-state index is 11.9. The van der Waals surface area contributed by atoms with Crippen LogP contribution in [0.25, 0.3) is 27.5 Å². The molecule has 1 unspecified atom stereocenters. The molecule has 1 atom stereocenters. The van der Waals surface area contributed by atoms with Crippen LogP contribution in [-0.4, -0.2) is 86.1 Å². The lowest BCUT2D eigenvalue weighted by molar-refractivity contribution is -0.134. The molecule has 2 N–H and O–H groups in total. The smallest absolute Gasteiger partial charge is 0.234 e.